The van der Waals surface area contributed by atoms with Gasteiger partial charge in [0.2, 0.25) is 0 Å². The maximum atomic E-state index is 11.6. The van der Waals surface area contributed by atoms with Crippen LogP contribution in [0.25, 0.3) is 10.8 Å². The number of nitrogens with one attached hydrogen (secondary N) is 1. The van der Waals surface area contributed by atoms with Gasteiger partial charge in [-0.25, -0.2) is 4.79 Å². The number of halogens is 1. The van der Waals surface area contributed by atoms with E-state index < -0.39 is 0 Å². The Balaban J connectivity index is 2.07. The average molecular weight is 291 g/mol. The second kappa shape index (κ2) is 4.04. The Morgan fingerprint density at radius 3 is 2.65 bits per heavy atom. The molecule has 17 heavy (non-hydrogen) atoms. The third-order valence-electron chi connectivity index (χ3n) is 2.95. The molecule has 0 unspecified atom stereocenters. The number of benzene rings is 2. The Labute approximate surface area is 108 Å². The number of carbonyl (C=O) groups excluding carboxylic acids is 1. The fourth-order valence-electron chi connectivity index (χ4n) is 2.09. The lowest BCUT2D eigenvalue weighted by molar-refractivity contribution is 0.252. The second-order valence-electron chi connectivity index (χ2n) is 4.06. The van der Waals surface area contributed by atoms with Crippen LogP contribution >= 0.6 is 15.9 Å². The van der Waals surface area contributed by atoms with E-state index in [2.05, 4.69) is 33.4 Å². The molecule has 1 heterocycles. The summed E-state index contributed by atoms with van der Waals surface area (Å²) in [6, 6.07) is 12.2. The largest absolute Gasteiger partial charge is 0.336 e. The Morgan fingerprint density at radius 2 is 1.88 bits per heavy atom. The minimum absolute atomic E-state index is 0.0125. The summed E-state index contributed by atoms with van der Waals surface area (Å²) in [5.74, 6) is 0. The molecule has 3 nitrogen and oxygen atoms in total. The highest BCUT2D eigenvalue weighted by atomic mass is 79.9. The molecule has 1 aliphatic heterocycles. The van der Waals surface area contributed by atoms with Crippen molar-refractivity contribution in [3.63, 3.8) is 0 Å². The Kier molecular flexibility index (Phi) is 2.52. The van der Waals surface area contributed by atoms with Crippen LogP contribution in [0.2, 0.25) is 0 Å². The van der Waals surface area contributed by atoms with Gasteiger partial charge in [-0.05, 0) is 35.0 Å². The van der Waals surface area contributed by atoms with Gasteiger partial charge in [0.25, 0.3) is 0 Å². The molecular formula is C13H11BrN2O. The molecule has 0 radical (unpaired) electrons. The smallest absolute Gasteiger partial charge is 0.321 e. The van der Waals surface area contributed by atoms with E-state index >= 15 is 0 Å². The Morgan fingerprint density at radius 1 is 1.12 bits per heavy atom. The first kappa shape index (κ1) is 10.6. The zero-order valence-electron chi connectivity index (χ0n) is 9.11. The fraction of sp³-hybridized carbons (Fsp3) is 0.154. The minimum Gasteiger partial charge on any atom is -0.336 e. The van der Waals surface area contributed by atoms with Crippen molar-refractivity contribution < 1.29 is 4.79 Å². The highest BCUT2D eigenvalue weighted by Crippen LogP contribution is 2.25. The van der Waals surface area contributed by atoms with E-state index in [0.29, 0.717) is 0 Å². The zero-order valence-corrected chi connectivity index (χ0v) is 10.7. The van der Waals surface area contributed by atoms with Crippen LogP contribution in [0.15, 0.2) is 40.9 Å². The van der Waals surface area contributed by atoms with Crippen LogP contribution in [-0.4, -0.2) is 19.1 Å². The number of fused-ring (bicyclic) bond motifs is 1. The summed E-state index contributed by atoms with van der Waals surface area (Å²) >= 11 is 3.45. The van der Waals surface area contributed by atoms with Crippen molar-refractivity contribution in [1.82, 2.24) is 5.32 Å². The van der Waals surface area contributed by atoms with Crippen LogP contribution in [0.3, 0.4) is 0 Å². The average Bonchev–Trinajstić information content (AvgIpc) is 2.75. The van der Waals surface area contributed by atoms with Gasteiger partial charge in [-0.15, -0.1) is 0 Å². The topological polar surface area (TPSA) is 32.3 Å². The normalized spacial score (nSPS) is 15.4. The fourth-order valence-corrected chi connectivity index (χ4v) is 2.47. The van der Waals surface area contributed by atoms with Crippen molar-refractivity contribution in [2.75, 3.05) is 18.0 Å². The van der Waals surface area contributed by atoms with Crippen molar-refractivity contribution in [1.29, 1.82) is 0 Å². The maximum Gasteiger partial charge on any atom is 0.321 e. The summed E-state index contributed by atoms with van der Waals surface area (Å²) in [5, 5.41) is 5.12. The number of nitrogens with zero attached hydrogens (tertiary/aromatic N) is 1. The van der Waals surface area contributed by atoms with Gasteiger partial charge < -0.3 is 5.32 Å². The molecule has 0 saturated carbocycles. The minimum atomic E-state index is -0.0125. The van der Waals surface area contributed by atoms with Crippen LogP contribution < -0.4 is 10.2 Å². The van der Waals surface area contributed by atoms with Gasteiger partial charge in [0.1, 0.15) is 0 Å². The number of hydrogen-bond donors (Lipinski definition) is 1. The van der Waals surface area contributed by atoms with E-state index in [1.165, 1.54) is 5.39 Å². The van der Waals surface area contributed by atoms with Crippen molar-refractivity contribution >= 4 is 38.4 Å². The zero-order chi connectivity index (χ0) is 11.8. The standard InChI is InChI=1S/C13H11BrN2O/c14-11-3-1-10-8-12(4-2-9(10)7-11)16-6-5-15-13(16)17/h1-4,7-8H,5-6H2,(H,15,17). The lowest BCUT2D eigenvalue weighted by Crippen LogP contribution is -2.27. The molecule has 4 heteroatoms. The first-order valence-corrected chi connectivity index (χ1v) is 6.28. The Hall–Kier alpha value is -1.55. The van der Waals surface area contributed by atoms with E-state index in [0.717, 1.165) is 28.6 Å². The van der Waals surface area contributed by atoms with Gasteiger partial charge in [-0.3, -0.25) is 4.90 Å². The summed E-state index contributed by atoms with van der Waals surface area (Å²) < 4.78 is 1.07. The molecule has 1 fully saturated rings. The monoisotopic (exact) mass is 290 g/mol. The van der Waals surface area contributed by atoms with Gasteiger partial charge in [-0.1, -0.05) is 28.1 Å². The second-order valence-corrected chi connectivity index (χ2v) is 4.98. The van der Waals surface area contributed by atoms with E-state index in [4.69, 9.17) is 0 Å². The van der Waals surface area contributed by atoms with Gasteiger partial charge in [-0.2, -0.15) is 0 Å². The van der Waals surface area contributed by atoms with Gasteiger partial charge >= 0.3 is 6.03 Å². The van der Waals surface area contributed by atoms with Crippen molar-refractivity contribution in [2.24, 2.45) is 0 Å². The summed E-state index contributed by atoms with van der Waals surface area (Å²) in [6.45, 7) is 1.46. The molecule has 1 saturated heterocycles. The van der Waals surface area contributed by atoms with E-state index in [1.807, 2.05) is 24.3 Å². The van der Waals surface area contributed by atoms with E-state index in [1.54, 1.807) is 4.90 Å². The Bertz CT molecular complexity index is 597. The highest BCUT2D eigenvalue weighted by molar-refractivity contribution is 9.10. The number of hydrogen-bond acceptors (Lipinski definition) is 1. The summed E-state index contributed by atoms with van der Waals surface area (Å²) in [7, 11) is 0. The van der Waals surface area contributed by atoms with Gasteiger partial charge in [0, 0.05) is 23.2 Å². The molecule has 1 aliphatic rings. The van der Waals surface area contributed by atoms with Crippen LogP contribution in [-0.2, 0) is 0 Å². The first-order chi connectivity index (χ1) is 8.24. The highest BCUT2D eigenvalue weighted by Gasteiger charge is 2.20. The van der Waals surface area contributed by atoms with Gasteiger partial charge in [0.05, 0.1) is 0 Å². The summed E-state index contributed by atoms with van der Waals surface area (Å²) in [5.41, 5.74) is 0.954. The van der Waals surface area contributed by atoms with Crippen LogP contribution in [0.5, 0.6) is 0 Å². The molecule has 2 aromatic carbocycles. The SMILES string of the molecule is O=C1NCCN1c1ccc2cc(Br)ccc2c1. The van der Waals surface area contributed by atoms with Crippen LogP contribution in [0, 0.1) is 0 Å². The van der Waals surface area contributed by atoms with Crippen molar-refractivity contribution in [2.45, 2.75) is 0 Å². The number of amides is 2. The number of carbonyl (C=O) groups is 1. The molecular weight excluding hydrogens is 280 g/mol. The molecule has 0 aromatic heterocycles. The summed E-state index contributed by atoms with van der Waals surface area (Å²) in [6.07, 6.45) is 0. The van der Waals surface area contributed by atoms with Crippen LogP contribution in [0.1, 0.15) is 0 Å². The molecule has 1 N–H and O–H groups in total. The molecule has 2 aromatic rings. The number of anilines is 1. The quantitative estimate of drug-likeness (QED) is 0.860. The van der Waals surface area contributed by atoms with E-state index in [9.17, 15) is 4.79 Å². The lowest BCUT2D eigenvalue weighted by atomic mass is 10.1. The van der Waals surface area contributed by atoms with Crippen LogP contribution in [0.4, 0.5) is 10.5 Å². The molecule has 2 amide bonds. The molecule has 3 rings (SSSR count). The number of urea groups is 1. The first-order valence-electron chi connectivity index (χ1n) is 5.49. The maximum absolute atomic E-state index is 11.6. The lowest BCUT2D eigenvalue weighted by Gasteiger charge is -2.14. The van der Waals surface area contributed by atoms with Gasteiger partial charge in [0.15, 0.2) is 0 Å². The summed E-state index contributed by atoms with van der Waals surface area (Å²) in [4.78, 5) is 13.3. The number of rotatable bonds is 1. The predicted octanol–water partition coefficient (Wildman–Crippen LogP) is 3.13. The van der Waals surface area contributed by atoms with Crippen molar-refractivity contribution in [3.05, 3.63) is 40.9 Å². The third-order valence-corrected chi connectivity index (χ3v) is 3.45. The molecule has 0 bridgehead atoms. The predicted molar refractivity (Wildman–Crippen MR) is 72.4 cm³/mol. The molecule has 0 aliphatic carbocycles. The molecule has 86 valence electrons. The van der Waals surface area contributed by atoms with Crippen molar-refractivity contribution in [3.8, 4) is 0 Å². The third kappa shape index (κ3) is 1.89. The van der Waals surface area contributed by atoms with E-state index in [-0.39, 0.29) is 6.03 Å². The molecule has 0 spiro atoms. The molecule has 0 atom stereocenters.